The van der Waals surface area contributed by atoms with Gasteiger partial charge in [-0.3, -0.25) is 0 Å². The van der Waals surface area contributed by atoms with Crippen molar-refractivity contribution in [2.45, 2.75) is 13.0 Å². The van der Waals surface area contributed by atoms with Crippen LogP contribution in [-0.2, 0) is 17.7 Å². The zero-order valence-electron chi connectivity index (χ0n) is 11.8. The highest BCUT2D eigenvalue weighted by Crippen LogP contribution is 2.17. The number of halogens is 1. The third-order valence-electron chi connectivity index (χ3n) is 3.37. The fraction of sp³-hybridized carbons (Fsp3) is 0.250. The summed E-state index contributed by atoms with van der Waals surface area (Å²) in [6.07, 6.45) is 2.56. The van der Waals surface area contributed by atoms with Gasteiger partial charge in [-0.15, -0.1) is 0 Å². The summed E-state index contributed by atoms with van der Waals surface area (Å²) in [7, 11) is 1.70. The fourth-order valence-electron chi connectivity index (χ4n) is 2.33. The van der Waals surface area contributed by atoms with Gasteiger partial charge in [0, 0.05) is 24.8 Å². The van der Waals surface area contributed by atoms with E-state index in [0.29, 0.717) is 6.61 Å². The van der Waals surface area contributed by atoms with Gasteiger partial charge in [0.1, 0.15) is 11.3 Å². The van der Waals surface area contributed by atoms with Crippen molar-refractivity contribution in [2.24, 2.45) is 0 Å². The Morgan fingerprint density at radius 2 is 2.00 bits per heavy atom. The topological polar surface area (TPSA) is 39.9 Å². The highest BCUT2D eigenvalue weighted by atomic mass is 35.5. The highest BCUT2D eigenvalue weighted by molar-refractivity contribution is 6.30. The Balaban J connectivity index is 1.99. The van der Waals surface area contributed by atoms with Crippen molar-refractivity contribution in [3.05, 3.63) is 59.0 Å². The molecule has 4 nitrogen and oxygen atoms in total. The van der Waals surface area contributed by atoms with E-state index in [4.69, 9.17) is 16.3 Å². The van der Waals surface area contributed by atoms with Crippen LogP contribution in [-0.4, -0.2) is 28.3 Å². The minimum absolute atomic E-state index is 0.643. The van der Waals surface area contributed by atoms with Crippen LogP contribution in [0.15, 0.2) is 42.6 Å². The Kier molecular flexibility index (Phi) is 4.18. The Morgan fingerprint density at radius 3 is 2.76 bits per heavy atom. The Morgan fingerprint density at radius 1 is 1.19 bits per heavy atom. The van der Waals surface area contributed by atoms with Gasteiger partial charge in [-0.05, 0) is 29.8 Å². The fourth-order valence-corrected chi connectivity index (χ4v) is 2.45. The van der Waals surface area contributed by atoms with E-state index in [2.05, 4.69) is 14.5 Å². The average Bonchev–Trinajstić information content (AvgIpc) is 2.85. The van der Waals surface area contributed by atoms with Crippen LogP contribution in [0.1, 0.15) is 11.4 Å². The lowest BCUT2D eigenvalue weighted by Gasteiger charge is -2.08. The SMILES string of the molecule is COCCc1nc2cccnc2n1Cc1ccc(Cl)cc1. The van der Waals surface area contributed by atoms with Crippen LogP contribution in [0.5, 0.6) is 0 Å². The zero-order chi connectivity index (χ0) is 14.7. The molecule has 0 atom stereocenters. The van der Waals surface area contributed by atoms with Crippen molar-refractivity contribution in [1.29, 1.82) is 0 Å². The van der Waals surface area contributed by atoms with Crippen LogP contribution >= 0.6 is 11.6 Å². The summed E-state index contributed by atoms with van der Waals surface area (Å²) >= 11 is 5.94. The number of imidazole rings is 1. The normalized spacial score (nSPS) is 11.1. The standard InChI is InChI=1S/C16H16ClN3O/c1-21-10-8-15-19-14-3-2-9-18-16(14)20(15)11-12-4-6-13(17)7-5-12/h2-7,9H,8,10-11H2,1H3. The smallest absolute Gasteiger partial charge is 0.160 e. The minimum Gasteiger partial charge on any atom is -0.384 e. The lowest BCUT2D eigenvalue weighted by molar-refractivity contribution is 0.200. The van der Waals surface area contributed by atoms with Gasteiger partial charge in [0.15, 0.2) is 5.65 Å². The molecule has 3 aromatic rings. The molecule has 0 unspecified atom stereocenters. The van der Waals surface area contributed by atoms with E-state index in [1.165, 1.54) is 5.56 Å². The van der Waals surface area contributed by atoms with Crippen LogP contribution in [0.25, 0.3) is 11.2 Å². The van der Waals surface area contributed by atoms with E-state index in [-0.39, 0.29) is 0 Å². The van der Waals surface area contributed by atoms with Crippen LogP contribution < -0.4 is 0 Å². The number of pyridine rings is 1. The molecule has 0 radical (unpaired) electrons. The number of benzene rings is 1. The van der Waals surface area contributed by atoms with Crippen LogP contribution in [0.2, 0.25) is 5.02 Å². The van der Waals surface area contributed by atoms with E-state index in [1.54, 1.807) is 13.3 Å². The van der Waals surface area contributed by atoms with Gasteiger partial charge < -0.3 is 9.30 Å². The third kappa shape index (κ3) is 3.06. The molecule has 0 aliphatic carbocycles. The molecule has 0 saturated carbocycles. The second-order valence-electron chi connectivity index (χ2n) is 4.83. The predicted molar refractivity (Wildman–Crippen MR) is 83.7 cm³/mol. The molecule has 0 N–H and O–H groups in total. The molecular weight excluding hydrogens is 286 g/mol. The molecule has 3 rings (SSSR count). The summed E-state index contributed by atoms with van der Waals surface area (Å²) in [6, 6.07) is 11.7. The first-order valence-corrected chi connectivity index (χ1v) is 7.19. The van der Waals surface area contributed by atoms with E-state index < -0.39 is 0 Å². The average molecular weight is 302 g/mol. The number of fused-ring (bicyclic) bond motifs is 1. The van der Waals surface area contributed by atoms with Gasteiger partial charge >= 0.3 is 0 Å². The van der Waals surface area contributed by atoms with Gasteiger partial charge in [0.05, 0.1) is 13.2 Å². The molecule has 0 spiro atoms. The first-order chi connectivity index (χ1) is 10.3. The van der Waals surface area contributed by atoms with E-state index in [0.717, 1.165) is 35.0 Å². The van der Waals surface area contributed by atoms with Crippen molar-refractivity contribution >= 4 is 22.8 Å². The maximum atomic E-state index is 5.94. The number of methoxy groups -OCH3 is 1. The Labute approximate surface area is 128 Å². The minimum atomic E-state index is 0.643. The van der Waals surface area contributed by atoms with E-state index >= 15 is 0 Å². The molecule has 1 aromatic carbocycles. The van der Waals surface area contributed by atoms with Crippen molar-refractivity contribution < 1.29 is 4.74 Å². The van der Waals surface area contributed by atoms with Crippen LogP contribution in [0.3, 0.4) is 0 Å². The number of aromatic nitrogens is 3. The second-order valence-corrected chi connectivity index (χ2v) is 5.27. The summed E-state index contributed by atoms with van der Waals surface area (Å²) in [5.41, 5.74) is 2.99. The lowest BCUT2D eigenvalue weighted by Crippen LogP contribution is -2.08. The first kappa shape index (κ1) is 14.0. The number of ether oxygens (including phenoxy) is 1. The van der Waals surface area contributed by atoms with E-state index in [1.807, 2.05) is 36.4 Å². The summed E-state index contributed by atoms with van der Waals surface area (Å²) in [5, 5.41) is 0.743. The maximum Gasteiger partial charge on any atom is 0.160 e. The number of nitrogens with zero attached hydrogens (tertiary/aromatic N) is 3. The molecule has 0 fully saturated rings. The van der Waals surface area contributed by atoms with Crippen LogP contribution in [0, 0.1) is 0 Å². The quantitative estimate of drug-likeness (QED) is 0.726. The molecule has 0 aliphatic heterocycles. The molecule has 0 amide bonds. The van der Waals surface area contributed by atoms with Gasteiger partial charge in [-0.1, -0.05) is 23.7 Å². The largest absolute Gasteiger partial charge is 0.384 e. The second kappa shape index (κ2) is 6.24. The molecule has 21 heavy (non-hydrogen) atoms. The number of hydrogen-bond donors (Lipinski definition) is 0. The van der Waals surface area contributed by atoms with Crippen molar-refractivity contribution in [3.8, 4) is 0 Å². The molecule has 2 heterocycles. The number of hydrogen-bond acceptors (Lipinski definition) is 3. The van der Waals surface area contributed by atoms with Crippen molar-refractivity contribution in [1.82, 2.24) is 14.5 Å². The zero-order valence-corrected chi connectivity index (χ0v) is 12.5. The summed E-state index contributed by atoms with van der Waals surface area (Å²) in [4.78, 5) is 9.12. The lowest BCUT2D eigenvalue weighted by atomic mass is 10.2. The summed E-state index contributed by atoms with van der Waals surface area (Å²) < 4.78 is 7.31. The Hall–Kier alpha value is -1.91. The highest BCUT2D eigenvalue weighted by Gasteiger charge is 2.11. The summed E-state index contributed by atoms with van der Waals surface area (Å²) in [6.45, 7) is 1.37. The summed E-state index contributed by atoms with van der Waals surface area (Å²) in [5.74, 6) is 0.987. The molecule has 2 aromatic heterocycles. The van der Waals surface area contributed by atoms with Crippen molar-refractivity contribution in [3.63, 3.8) is 0 Å². The van der Waals surface area contributed by atoms with Gasteiger partial charge in [-0.2, -0.15) is 0 Å². The Bertz CT molecular complexity index is 737. The molecule has 0 aliphatic rings. The first-order valence-electron chi connectivity index (χ1n) is 6.81. The van der Waals surface area contributed by atoms with E-state index in [9.17, 15) is 0 Å². The molecule has 5 heteroatoms. The number of rotatable bonds is 5. The molecular formula is C16H16ClN3O. The van der Waals surface area contributed by atoms with Gasteiger partial charge in [-0.25, -0.2) is 9.97 Å². The predicted octanol–water partition coefficient (Wildman–Crippen LogP) is 3.32. The molecule has 0 saturated heterocycles. The maximum absolute atomic E-state index is 5.94. The molecule has 108 valence electrons. The third-order valence-corrected chi connectivity index (χ3v) is 3.62. The van der Waals surface area contributed by atoms with Gasteiger partial charge in [0.25, 0.3) is 0 Å². The van der Waals surface area contributed by atoms with Crippen LogP contribution in [0.4, 0.5) is 0 Å². The van der Waals surface area contributed by atoms with Crippen molar-refractivity contribution in [2.75, 3.05) is 13.7 Å². The molecule has 0 bridgehead atoms. The van der Waals surface area contributed by atoms with Gasteiger partial charge in [0.2, 0.25) is 0 Å². The monoisotopic (exact) mass is 301 g/mol.